The first-order valence-electron chi connectivity index (χ1n) is 4.50. The quantitative estimate of drug-likeness (QED) is 0.721. The molecule has 1 aromatic rings. The Morgan fingerprint density at radius 3 is 3.00 bits per heavy atom. The van der Waals surface area contributed by atoms with Crippen molar-refractivity contribution >= 4 is 11.8 Å². The smallest absolute Gasteiger partial charge is 0.0492 e. The maximum Gasteiger partial charge on any atom is 0.0492 e. The van der Waals surface area contributed by atoms with Gasteiger partial charge in [0.15, 0.2) is 0 Å². The van der Waals surface area contributed by atoms with Gasteiger partial charge in [-0.2, -0.15) is 16.9 Å². The van der Waals surface area contributed by atoms with Crippen LogP contribution in [0.3, 0.4) is 0 Å². The molecule has 0 aliphatic rings. The van der Waals surface area contributed by atoms with Crippen molar-refractivity contribution in [3.8, 4) is 0 Å². The van der Waals surface area contributed by atoms with E-state index in [0.717, 1.165) is 17.9 Å². The molecule has 0 fully saturated rings. The van der Waals surface area contributed by atoms with Crippen molar-refractivity contribution in [1.82, 2.24) is 9.78 Å². The zero-order valence-electron chi connectivity index (χ0n) is 8.23. The van der Waals surface area contributed by atoms with Crippen LogP contribution in [-0.4, -0.2) is 27.3 Å². The van der Waals surface area contributed by atoms with Crippen LogP contribution in [0.2, 0.25) is 0 Å². The van der Waals surface area contributed by atoms with Crippen LogP contribution < -0.4 is 5.73 Å². The van der Waals surface area contributed by atoms with E-state index in [1.165, 1.54) is 5.69 Å². The first-order valence-corrected chi connectivity index (χ1v) is 5.66. The Hall–Kier alpha value is -0.480. The summed E-state index contributed by atoms with van der Waals surface area (Å²) in [6.45, 7) is 2.04. The van der Waals surface area contributed by atoms with E-state index in [1.54, 1.807) is 0 Å². The Kier molecular flexibility index (Phi) is 4.32. The average Bonchev–Trinajstić information content (AvgIpc) is 2.45. The predicted octanol–water partition coefficient (Wildman–Crippen LogP) is 1.04. The van der Waals surface area contributed by atoms with Crippen LogP contribution in [0.4, 0.5) is 0 Å². The monoisotopic (exact) mass is 199 g/mol. The zero-order chi connectivity index (χ0) is 9.68. The van der Waals surface area contributed by atoms with Crippen molar-refractivity contribution in [3.63, 3.8) is 0 Å². The lowest BCUT2D eigenvalue weighted by molar-refractivity contribution is 0.719. The van der Waals surface area contributed by atoms with Crippen molar-refractivity contribution in [1.29, 1.82) is 0 Å². The number of nitrogens with zero attached hydrogens (tertiary/aromatic N) is 2. The van der Waals surface area contributed by atoms with Gasteiger partial charge in [0.25, 0.3) is 0 Å². The van der Waals surface area contributed by atoms with Gasteiger partial charge in [0.1, 0.15) is 0 Å². The molecule has 0 aliphatic heterocycles. The number of aromatic nitrogens is 2. The van der Waals surface area contributed by atoms with E-state index in [1.807, 2.05) is 36.6 Å². The Balaban J connectivity index is 2.17. The van der Waals surface area contributed by atoms with Gasteiger partial charge in [-0.15, -0.1) is 0 Å². The third kappa shape index (κ3) is 3.83. The third-order valence-electron chi connectivity index (χ3n) is 1.81. The molecule has 0 aliphatic carbocycles. The molecule has 4 heteroatoms. The van der Waals surface area contributed by atoms with Gasteiger partial charge in [-0.3, -0.25) is 4.68 Å². The van der Waals surface area contributed by atoms with E-state index < -0.39 is 0 Å². The number of hydrogen-bond donors (Lipinski definition) is 1. The Morgan fingerprint density at radius 2 is 2.46 bits per heavy atom. The highest BCUT2D eigenvalue weighted by molar-refractivity contribution is 7.99. The van der Waals surface area contributed by atoms with Gasteiger partial charge in [0.05, 0.1) is 0 Å². The lowest BCUT2D eigenvalue weighted by Gasteiger charge is -2.04. The molecule has 0 aromatic carbocycles. The minimum atomic E-state index is 0.302. The lowest BCUT2D eigenvalue weighted by atomic mass is 10.3. The zero-order valence-corrected chi connectivity index (χ0v) is 9.05. The Morgan fingerprint density at radius 1 is 1.69 bits per heavy atom. The highest BCUT2D eigenvalue weighted by atomic mass is 32.2. The first kappa shape index (κ1) is 10.6. The predicted molar refractivity (Wildman–Crippen MR) is 57.9 cm³/mol. The van der Waals surface area contributed by atoms with Crippen molar-refractivity contribution in [3.05, 3.63) is 18.0 Å². The molecule has 2 N–H and O–H groups in total. The highest BCUT2D eigenvalue weighted by Gasteiger charge is 1.99. The molecule has 0 amide bonds. The van der Waals surface area contributed by atoms with Crippen LogP contribution >= 0.6 is 11.8 Å². The summed E-state index contributed by atoms with van der Waals surface area (Å²) in [4.78, 5) is 0. The molecule has 1 unspecified atom stereocenters. The standard InChI is InChI=1S/C9H17N3S/c1-8(10)7-13-6-4-9-3-5-11-12(9)2/h3,5,8H,4,6-7,10H2,1-2H3. The van der Waals surface area contributed by atoms with E-state index in [0.29, 0.717) is 6.04 Å². The summed E-state index contributed by atoms with van der Waals surface area (Å²) in [6, 6.07) is 2.36. The maximum atomic E-state index is 5.64. The molecule has 0 spiro atoms. The summed E-state index contributed by atoms with van der Waals surface area (Å²) >= 11 is 1.90. The van der Waals surface area contributed by atoms with Crippen molar-refractivity contribution in [2.45, 2.75) is 19.4 Å². The number of aryl methyl sites for hydroxylation is 2. The number of thioether (sulfide) groups is 1. The van der Waals surface area contributed by atoms with Crippen LogP contribution in [0.5, 0.6) is 0 Å². The van der Waals surface area contributed by atoms with Gasteiger partial charge in [0, 0.05) is 30.7 Å². The summed E-state index contributed by atoms with van der Waals surface area (Å²) in [5.74, 6) is 2.17. The highest BCUT2D eigenvalue weighted by Crippen LogP contribution is 2.06. The number of hydrogen-bond acceptors (Lipinski definition) is 3. The molecule has 0 bridgehead atoms. The third-order valence-corrected chi connectivity index (χ3v) is 3.06. The molecule has 3 nitrogen and oxygen atoms in total. The molecule has 1 atom stereocenters. The van der Waals surface area contributed by atoms with Crippen LogP contribution in [0.1, 0.15) is 12.6 Å². The summed E-state index contributed by atoms with van der Waals surface area (Å²) in [6.07, 6.45) is 2.92. The fourth-order valence-electron chi connectivity index (χ4n) is 1.09. The van der Waals surface area contributed by atoms with E-state index in [4.69, 9.17) is 5.73 Å². The molecule has 1 aromatic heterocycles. The molecule has 1 rings (SSSR count). The SMILES string of the molecule is CC(N)CSCCc1ccnn1C. The lowest BCUT2D eigenvalue weighted by Crippen LogP contribution is -2.18. The van der Waals surface area contributed by atoms with Crippen LogP contribution in [0.15, 0.2) is 12.3 Å². The second-order valence-electron chi connectivity index (χ2n) is 3.25. The topological polar surface area (TPSA) is 43.8 Å². The molecule has 13 heavy (non-hydrogen) atoms. The van der Waals surface area contributed by atoms with E-state index >= 15 is 0 Å². The van der Waals surface area contributed by atoms with Gasteiger partial charge in [-0.1, -0.05) is 0 Å². The average molecular weight is 199 g/mol. The van der Waals surface area contributed by atoms with Crippen LogP contribution in [-0.2, 0) is 13.5 Å². The van der Waals surface area contributed by atoms with Gasteiger partial charge in [-0.05, 0) is 25.2 Å². The Bertz CT molecular complexity index is 245. The molecular weight excluding hydrogens is 182 g/mol. The maximum absolute atomic E-state index is 5.64. The van der Waals surface area contributed by atoms with Gasteiger partial charge in [0.2, 0.25) is 0 Å². The molecule has 74 valence electrons. The van der Waals surface area contributed by atoms with Crippen LogP contribution in [0, 0.1) is 0 Å². The van der Waals surface area contributed by atoms with Gasteiger partial charge >= 0.3 is 0 Å². The summed E-state index contributed by atoms with van der Waals surface area (Å²) in [5.41, 5.74) is 6.93. The summed E-state index contributed by atoms with van der Waals surface area (Å²) in [5, 5.41) is 4.11. The first-order chi connectivity index (χ1) is 6.20. The van der Waals surface area contributed by atoms with Crippen molar-refractivity contribution in [2.75, 3.05) is 11.5 Å². The minimum absolute atomic E-state index is 0.302. The molecule has 0 saturated heterocycles. The normalized spacial score (nSPS) is 13.2. The largest absolute Gasteiger partial charge is 0.327 e. The van der Waals surface area contributed by atoms with Gasteiger partial charge < -0.3 is 5.73 Å². The number of nitrogens with two attached hydrogens (primary N) is 1. The molecule has 0 radical (unpaired) electrons. The number of rotatable bonds is 5. The van der Waals surface area contributed by atoms with Crippen molar-refractivity contribution in [2.24, 2.45) is 12.8 Å². The van der Waals surface area contributed by atoms with Crippen molar-refractivity contribution < 1.29 is 0 Å². The van der Waals surface area contributed by atoms with Crippen LogP contribution in [0.25, 0.3) is 0 Å². The fourth-order valence-corrected chi connectivity index (χ4v) is 1.98. The summed E-state index contributed by atoms with van der Waals surface area (Å²) in [7, 11) is 1.98. The summed E-state index contributed by atoms with van der Waals surface area (Å²) < 4.78 is 1.92. The van der Waals surface area contributed by atoms with E-state index in [2.05, 4.69) is 11.2 Å². The van der Waals surface area contributed by atoms with Gasteiger partial charge in [-0.25, -0.2) is 0 Å². The Labute approximate surface area is 83.7 Å². The van der Waals surface area contributed by atoms with E-state index in [-0.39, 0.29) is 0 Å². The molecular formula is C9H17N3S. The molecule has 0 saturated carbocycles. The second-order valence-corrected chi connectivity index (χ2v) is 4.40. The second kappa shape index (κ2) is 5.29. The minimum Gasteiger partial charge on any atom is -0.327 e. The van der Waals surface area contributed by atoms with E-state index in [9.17, 15) is 0 Å². The molecule has 1 heterocycles. The fraction of sp³-hybridized carbons (Fsp3) is 0.667.